The summed E-state index contributed by atoms with van der Waals surface area (Å²) in [7, 11) is -3.71. The second kappa shape index (κ2) is 6.94. The summed E-state index contributed by atoms with van der Waals surface area (Å²) >= 11 is 0. The summed E-state index contributed by atoms with van der Waals surface area (Å²) in [5, 5.41) is 0. The lowest BCUT2D eigenvalue weighted by molar-refractivity contribution is -0.128. The highest BCUT2D eigenvalue weighted by molar-refractivity contribution is 7.96. The molecule has 2 heterocycles. The topological polar surface area (TPSA) is 57.7 Å². The van der Waals surface area contributed by atoms with Crippen LogP contribution in [-0.2, 0) is 21.2 Å². The summed E-state index contributed by atoms with van der Waals surface area (Å²) in [6.45, 7) is 5.46. The maximum atomic E-state index is 12.9. The van der Waals surface area contributed by atoms with Crippen molar-refractivity contribution in [3.63, 3.8) is 0 Å². The van der Waals surface area contributed by atoms with Crippen molar-refractivity contribution in [3.8, 4) is 0 Å². The van der Waals surface area contributed by atoms with E-state index in [1.807, 2.05) is 0 Å². The molecule has 0 atom stereocenters. The monoisotopic (exact) mass is 382 g/mol. The van der Waals surface area contributed by atoms with E-state index in [-0.39, 0.29) is 15.7 Å². The van der Waals surface area contributed by atoms with Gasteiger partial charge in [-0.3, -0.25) is 9.69 Å². The maximum Gasteiger partial charge on any atom is 0.265 e. The summed E-state index contributed by atoms with van der Waals surface area (Å²) < 4.78 is 25.4. The second-order valence-electron chi connectivity index (χ2n) is 7.11. The minimum atomic E-state index is -3.71. The van der Waals surface area contributed by atoms with Gasteiger partial charge in [-0.2, -0.15) is 0 Å². The third-order valence-electron chi connectivity index (χ3n) is 5.14. The average molecular weight is 382 g/mol. The number of benzene rings is 2. The van der Waals surface area contributed by atoms with E-state index in [1.54, 1.807) is 29.2 Å². The molecule has 0 aliphatic carbocycles. The predicted molar refractivity (Wildman–Crippen MR) is 105 cm³/mol. The number of sulfone groups is 1. The number of hydrogen-bond donors (Lipinski definition) is 0. The van der Waals surface area contributed by atoms with Crippen LogP contribution in [0.2, 0.25) is 0 Å². The zero-order valence-electron chi connectivity index (χ0n) is 15.3. The Balaban J connectivity index is 1.42. The van der Waals surface area contributed by atoms with Crippen LogP contribution in [0.4, 0.5) is 0 Å². The van der Waals surface area contributed by atoms with E-state index in [4.69, 9.17) is 0 Å². The number of carbonyl (C=O) groups excluding carboxylic acids is 1. The fourth-order valence-corrected chi connectivity index (χ4v) is 5.27. The average Bonchev–Trinajstić information content (AvgIpc) is 2.93. The van der Waals surface area contributed by atoms with Crippen molar-refractivity contribution >= 4 is 21.8 Å². The molecule has 2 aliphatic heterocycles. The molecule has 5 nitrogen and oxygen atoms in total. The van der Waals surface area contributed by atoms with Crippen molar-refractivity contribution in [2.45, 2.75) is 18.4 Å². The SMILES string of the molecule is Cc1cccc(CN2CCN(C(=O)C3=Cc4ccccc4S3(=O)=O)CC2)c1. The first-order chi connectivity index (χ1) is 12.9. The van der Waals surface area contributed by atoms with Gasteiger partial charge in [0.05, 0.1) is 4.90 Å². The Morgan fingerprint density at radius 2 is 1.74 bits per heavy atom. The van der Waals surface area contributed by atoms with Crippen LogP contribution in [0.5, 0.6) is 0 Å². The third-order valence-corrected chi connectivity index (χ3v) is 6.97. The van der Waals surface area contributed by atoms with Gasteiger partial charge in [0.1, 0.15) is 4.91 Å². The molecule has 2 aromatic rings. The standard InChI is InChI=1S/C21H22N2O3S/c1-16-5-4-6-17(13-16)15-22-9-11-23(12-10-22)21(24)20-14-18-7-2-3-8-19(18)27(20,25)26/h2-8,13-14H,9-12,15H2,1H3. The molecule has 1 amide bonds. The highest BCUT2D eigenvalue weighted by Gasteiger charge is 2.37. The van der Waals surface area contributed by atoms with Crippen molar-refractivity contribution in [2.24, 2.45) is 0 Å². The molecule has 0 saturated carbocycles. The van der Waals surface area contributed by atoms with Gasteiger partial charge in [0, 0.05) is 32.7 Å². The van der Waals surface area contributed by atoms with E-state index < -0.39 is 9.84 Å². The second-order valence-corrected chi connectivity index (χ2v) is 8.99. The number of fused-ring (bicyclic) bond motifs is 1. The first kappa shape index (κ1) is 17.9. The minimum absolute atomic E-state index is 0.101. The molecule has 0 bridgehead atoms. The lowest BCUT2D eigenvalue weighted by atomic mass is 10.1. The van der Waals surface area contributed by atoms with E-state index >= 15 is 0 Å². The van der Waals surface area contributed by atoms with Crippen molar-refractivity contribution in [3.05, 3.63) is 70.1 Å². The molecule has 27 heavy (non-hydrogen) atoms. The fraction of sp³-hybridized carbons (Fsp3) is 0.286. The molecule has 0 spiro atoms. The molecule has 4 rings (SSSR count). The van der Waals surface area contributed by atoms with Crippen molar-refractivity contribution in [1.82, 2.24) is 9.80 Å². The minimum Gasteiger partial charge on any atom is -0.335 e. The smallest absolute Gasteiger partial charge is 0.265 e. The third kappa shape index (κ3) is 3.42. The predicted octanol–water partition coefficient (Wildman–Crippen LogP) is 2.47. The van der Waals surface area contributed by atoms with E-state index in [9.17, 15) is 13.2 Å². The van der Waals surface area contributed by atoms with Gasteiger partial charge in [0.15, 0.2) is 0 Å². The first-order valence-electron chi connectivity index (χ1n) is 9.08. The highest BCUT2D eigenvalue weighted by Crippen LogP contribution is 2.33. The summed E-state index contributed by atoms with van der Waals surface area (Å²) in [4.78, 5) is 16.9. The Labute approximate surface area is 159 Å². The van der Waals surface area contributed by atoms with Gasteiger partial charge in [0.2, 0.25) is 9.84 Å². The van der Waals surface area contributed by atoms with Crippen LogP contribution in [0.3, 0.4) is 0 Å². The van der Waals surface area contributed by atoms with Crippen LogP contribution in [-0.4, -0.2) is 50.3 Å². The van der Waals surface area contributed by atoms with Crippen LogP contribution in [0.15, 0.2) is 58.3 Å². The van der Waals surface area contributed by atoms with Gasteiger partial charge in [-0.15, -0.1) is 0 Å². The molecular weight excluding hydrogens is 360 g/mol. The zero-order chi connectivity index (χ0) is 19.0. The molecule has 1 fully saturated rings. The molecule has 2 aliphatic rings. The van der Waals surface area contributed by atoms with Gasteiger partial charge < -0.3 is 4.90 Å². The molecule has 0 N–H and O–H groups in total. The number of nitrogens with zero attached hydrogens (tertiary/aromatic N) is 2. The molecule has 0 aromatic heterocycles. The van der Waals surface area contributed by atoms with Crippen molar-refractivity contribution < 1.29 is 13.2 Å². The van der Waals surface area contributed by atoms with Crippen molar-refractivity contribution in [1.29, 1.82) is 0 Å². The van der Waals surface area contributed by atoms with E-state index in [2.05, 4.69) is 36.1 Å². The normalized spacial score (nSPS) is 18.9. The Kier molecular flexibility index (Phi) is 4.61. The highest BCUT2D eigenvalue weighted by atomic mass is 32.2. The first-order valence-corrected chi connectivity index (χ1v) is 10.6. The van der Waals surface area contributed by atoms with E-state index in [0.717, 1.165) is 19.6 Å². The molecule has 2 aromatic carbocycles. The van der Waals surface area contributed by atoms with Crippen LogP contribution in [0.25, 0.3) is 6.08 Å². The number of rotatable bonds is 3. The number of aryl methyl sites for hydroxylation is 1. The lowest BCUT2D eigenvalue weighted by Gasteiger charge is -2.34. The number of amides is 1. The van der Waals surface area contributed by atoms with Gasteiger partial charge in [-0.05, 0) is 30.2 Å². The summed E-state index contributed by atoms with van der Waals surface area (Å²) in [5.74, 6) is -0.388. The van der Waals surface area contributed by atoms with Crippen LogP contribution in [0.1, 0.15) is 16.7 Å². The summed E-state index contributed by atoms with van der Waals surface area (Å²) in [5.41, 5.74) is 3.09. The van der Waals surface area contributed by atoms with Crippen molar-refractivity contribution in [2.75, 3.05) is 26.2 Å². The van der Waals surface area contributed by atoms with Gasteiger partial charge >= 0.3 is 0 Å². The van der Waals surface area contributed by atoms with Crippen LogP contribution < -0.4 is 0 Å². The lowest BCUT2D eigenvalue weighted by Crippen LogP contribution is -2.49. The van der Waals surface area contributed by atoms with Crippen LogP contribution >= 0.6 is 0 Å². The Hall–Kier alpha value is -2.44. The summed E-state index contributed by atoms with van der Waals surface area (Å²) in [6, 6.07) is 15.2. The van der Waals surface area contributed by atoms with E-state index in [1.165, 1.54) is 17.2 Å². The Morgan fingerprint density at radius 1 is 1.00 bits per heavy atom. The van der Waals surface area contributed by atoms with Gasteiger partial charge in [0.25, 0.3) is 5.91 Å². The fourth-order valence-electron chi connectivity index (χ4n) is 3.69. The molecule has 1 saturated heterocycles. The van der Waals surface area contributed by atoms with Gasteiger partial charge in [-0.25, -0.2) is 8.42 Å². The molecule has 6 heteroatoms. The molecule has 0 unspecified atom stereocenters. The Morgan fingerprint density at radius 3 is 2.44 bits per heavy atom. The molecule has 140 valence electrons. The van der Waals surface area contributed by atoms with Crippen LogP contribution in [0, 0.1) is 6.92 Å². The molecular formula is C21H22N2O3S. The summed E-state index contributed by atoms with van der Waals surface area (Å²) in [6.07, 6.45) is 1.51. The van der Waals surface area contributed by atoms with E-state index in [0.29, 0.717) is 18.7 Å². The molecule has 0 radical (unpaired) electrons. The maximum absolute atomic E-state index is 12.9. The number of carbonyl (C=O) groups is 1. The quantitative estimate of drug-likeness (QED) is 0.818. The number of hydrogen-bond acceptors (Lipinski definition) is 4. The zero-order valence-corrected chi connectivity index (χ0v) is 16.1. The largest absolute Gasteiger partial charge is 0.335 e. The Bertz CT molecular complexity index is 1020. The van der Waals surface area contributed by atoms with Gasteiger partial charge in [-0.1, -0.05) is 48.0 Å². The number of piperazine rings is 1.